The molecule has 4 nitrogen and oxygen atoms in total. The van der Waals surface area contributed by atoms with Gasteiger partial charge >= 0.3 is 7.12 Å². The molecule has 1 aliphatic heterocycles. The van der Waals surface area contributed by atoms with Gasteiger partial charge in [0.1, 0.15) is 5.82 Å². The van der Waals surface area contributed by atoms with Gasteiger partial charge in [-0.05, 0) is 33.2 Å². The van der Waals surface area contributed by atoms with Gasteiger partial charge in [-0.15, -0.1) is 0 Å². The molecule has 0 aliphatic carbocycles. The summed E-state index contributed by atoms with van der Waals surface area (Å²) in [5.41, 5.74) is 0.182. The van der Waals surface area contributed by atoms with Crippen molar-refractivity contribution in [3.05, 3.63) is 40.6 Å². The molecule has 1 heterocycles. The maximum Gasteiger partial charge on any atom is 0.491 e. The largest absolute Gasteiger partial charge is 0.491 e. The monoisotopic (exact) mass is 366 g/mol. The molecule has 1 aromatic rings. The van der Waals surface area contributed by atoms with Gasteiger partial charge in [0.25, 0.3) is 0 Å². The number of hydrogen-bond acceptors (Lipinski definition) is 5. The van der Waals surface area contributed by atoms with Crippen molar-refractivity contribution in [2.24, 2.45) is 0 Å². The lowest BCUT2D eigenvalue weighted by molar-refractivity contribution is -0.109. The molecule has 0 spiro atoms. The molecule has 0 atom stereocenters. The molecule has 0 aromatic heterocycles. The van der Waals surface area contributed by atoms with E-state index in [1.54, 1.807) is 18.2 Å². The zero-order chi connectivity index (χ0) is 18.8. The fraction of sp³-hybridized carbons (Fsp3) is 0.500. The summed E-state index contributed by atoms with van der Waals surface area (Å²) in [5.74, 6) is -0.138. The van der Waals surface area contributed by atoms with Crippen molar-refractivity contribution in [3.63, 3.8) is 0 Å². The lowest BCUT2D eigenvalue weighted by atomic mass is 9.78. The Hall–Kier alpha value is -1.15. The molecule has 25 heavy (non-hydrogen) atoms. The van der Waals surface area contributed by atoms with Crippen molar-refractivity contribution in [1.82, 2.24) is 0 Å². The highest BCUT2D eigenvalue weighted by atomic mass is 32.2. The SMILES string of the molecule is CC(=O)SCC(=Cc1cccc(CO)c1F)B1OC(C)(C)C(C)(C)O1. The van der Waals surface area contributed by atoms with E-state index >= 15 is 0 Å². The topological polar surface area (TPSA) is 55.8 Å². The number of benzene rings is 1. The zero-order valence-corrected chi connectivity index (χ0v) is 16.1. The number of halogens is 1. The Kier molecular flexibility index (Phi) is 6.15. The van der Waals surface area contributed by atoms with Gasteiger partial charge in [0.2, 0.25) is 0 Å². The predicted octanol–water partition coefficient (Wildman–Crippen LogP) is 3.61. The summed E-state index contributed by atoms with van der Waals surface area (Å²) in [7, 11) is -0.658. The van der Waals surface area contributed by atoms with E-state index in [0.29, 0.717) is 16.8 Å². The van der Waals surface area contributed by atoms with Gasteiger partial charge < -0.3 is 14.4 Å². The molecular formula is C18H24BFO4S. The van der Waals surface area contributed by atoms with Crippen LogP contribution in [-0.4, -0.2) is 34.3 Å². The molecular weight excluding hydrogens is 342 g/mol. The van der Waals surface area contributed by atoms with Gasteiger partial charge in [-0.25, -0.2) is 4.39 Å². The van der Waals surface area contributed by atoms with Crippen LogP contribution in [0.1, 0.15) is 45.7 Å². The number of carbonyl (C=O) groups is 1. The van der Waals surface area contributed by atoms with Gasteiger partial charge in [-0.1, -0.05) is 36.0 Å². The number of aliphatic hydroxyl groups excluding tert-OH is 1. The smallest absolute Gasteiger partial charge is 0.400 e. The number of rotatable bonds is 5. The third-order valence-electron chi connectivity index (χ3n) is 4.62. The molecule has 1 fully saturated rings. The highest BCUT2D eigenvalue weighted by Gasteiger charge is 2.52. The van der Waals surface area contributed by atoms with Crippen molar-refractivity contribution in [3.8, 4) is 0 Å². The van der Waals surface area contributed by atoms with E-state index in [-0.39, 0.29) is 17.3 Å². The van der Waals surface area contributed by atoms with Gasteiger partial charge in [0.05, 0.1) is 17.8 Å². The second-order valence-corrected chi connectivity index (χ2v) is 8.22. The normalized spacial score (nSPS) is 19.3. The standard InChI is InChI=1S/C18H24BFO4S/c1-12(22)25-11-15(19-23-17(2,3)18(4,5)24-19)9-13-7-6-8-14(10-21)16(13)20/h6-9,21H,10-11H2,1-5H3. The van der Waals surface area contributed by atoms with Crippen molar-refractivity contribution in [2.45, 2.75) is 52.4 Å². The lowest BCUT2D eigenvalue weighted by Crippen LogP contribution is -2.41. The number of aliphatic hydroxyl groups is 1. The first kappa shape index (κ1) is 20.2. The maximum absolute atomic E-state index is 14.5. The summed E-state index contributed by atoms with van der Waals surface area (Å²) in [5, 5.41) is 9.21. The third kappa shape index (κ3) is 4.53. The van der Waals surface area contributed by atoms with Crippen LogP contribution < -0.4 is 0 Å². The first-order valence-corrected chi connectivity index (χ1v) is 9.13. The maximum atomic E-state index is 14.5. The molecule has 1 aromatic carbocycles. The molecule has 136 valence electrons. The van der Waals surface area contributed by atoms with Crippen molar-refractivity contribution in [1.29, 1.82) is 0 Å². The van der Waals surface area contributed by atoms with Crippen LogP contribution in [-0.2, 0) is 20.7 Å². The summed E-state index contributed by atoms with van der Waals surface area (Å²) in [6, 6.07) is 4.84. The average molecular weight is 366 g/mol. The predicted molar refractivity (Wildman–Crippen MR) is 99.5 cm³/mol. The van der Waals surface area contributed by atoms with Gasteiger partial charge in [-0.3, -0.25) is 4.79 Å². The second kappa shape index (κ2) is 7.62. The van der Waals surface area contributed by atoms with Crippen LogP contribution in [0, 0.1) is 5.82 Å². The Morgan fingerprint density at radius 2 is 1.88 bits per heavy atom. The van der Waals surface area contributed by atoms with Crippen LogP contribution in [0.5, 0.6) is 0 Å². The molecule has 0 bridgehead atoms. The van der Waals surface area contributed by atoms with Crippen molar-refractivity contribution >= 4 is 30.1 Å². The number of hydrogen-bond donors (Lipinski definition) is 1. The third-order valence-corrected chi connectivity index (χ3v) is 5.50. The Morgan fingerprint density at radius 3 is 2.40 bits per heavy atom. The van der Waals surface area contributed by atoms with Crippen LogP contribution in [0.25, 0.3) is 6.08 Å². The Balaban J connectivity index is 2.39. The van der Waals surface area contributed by atoms with Crippen molar-refractivity contribution < 1.29 is 23.6 Å². The van der Waals surface area contributed by atoms with Crippen LogP contribution >= 0.6 is 11.8 Å². The van der Waals surface area contributed by atoms with E-state index in [4.69, 9.17) is 9.31 Å². The van der Waals surface area contributed by atoms with Crippen LogP contribution in [0.2, 0.25) is 0 Å². The molecule has 1 aliphatic rings. The molecule has 1 N–H and O–H groups in total. The van der Waals surface area contributed by atoms with E-state index in [2.05, 4.69) is 0 Å². The molecule has 0 saturated carbocycles. The first-order valence-electron chi connectivity index (χ1n) is 8.15. The van der Waals surface area contributed by atoms with Crippen molar-refractivity contribution in [2.75, 3.05) is 5.75 Å². The highest BCUT2D eigenvalue weighted by molar-refractivity contribution is 8.13. The summed E-state index contributed by atoms with van der Waals surface area (Å²) >= 11 is 1.12. The highest BCUT2D eigenvalue weighted by Crippen LogP contribution is 2.39. The minimum Gasteiger partial charge on any atom is -0.400 e. The van der Waals surface area contributed by atoms with Gasteiger partial charge in [0, 0.05) is 23.8 Å². The minimum absolute atomic E-state index is 0.0352. The molecule has 2 rings (SSSR count). The second-order valence-electron chi connectivity index (χ2n) is 7.07. The molecule has 0 unspecified atom stereocenters. The van der Waals surface area contributed by atoms with Crippen LogP contribution in [0.3, 0.4) is 0 Å². The van der Waals surface area contributed by atoms with Crippen LogP contribution in [0.15, 0.2) is 23.7 Å². The Morgan fingerprint density at radius 1 is 1.28 bits per heavy atom. The van der Waals surface area contributed by atoms with Gasteiger partial charge in [-0.2, -0.15) is 0 Å². The summed E-state index contributed by atoms with van der Waals surface area (Å²) in [6.45, 7) is 8.87. The van der Waals surface area contributed by atoms with E-state index in [9.17, 15) is 14.3 Å². The Bertz CT molecular complexity index is 672. The van der Waals surface area contributed by atoms with E-state index < -0.39 is 24.1 Å². The number of carbonyl (C=O) groups excluding carboxylic acids is 1. The minimum atomic E-state index is -0.658. The molecule has 1 saturated heterocycles. The Labute approximate surface area is 152 Å². The summed E-state index contributed by atoms with van der Waals surface area (Å²) in [4.78, 5) is 11.4. The van der Waals surface area contributed by atoms with Gasteiger partial charge in [0.15, 0.2) is 5.12 Å². The lowest BCUT2D eigenvalue weighted by Gasteiger charge is -2.32. The fourth-order valence-corrected chi connectivity index (χ4v) is 2.98. The zero-order valence-electron chi connectivity index (χ0n) is 15.3. The molecule has 0 amide bonds. The molecule has 0 radical (unpaired) electrons. The number of thioether (sulfide) groups is 1. The summed E-state index contributed by atoms with van der Waals surface area (Å²) in [6.07, 6.45) is 1.65. The van der Waals surface area contributed by atoms with E-state index in [1.807, 2.05) is 27.7 Å². The van der Waals surface area contributed by atoms with Crippen LogP contribution in [0.4, 0.5) is 4.39 Å². The van der Waals surface area contributed by atoms with E-state index in [1.165, 1.54) is 13.0 Å². The first-order chi connectivity index (χ1) is 11.6. The molecule has 7 heteroatoms. The fourth-order valence-electron chi connectivity index (χ4n) is 2.39. The average Bonchev–Trinajstić information content (AvgIpc) is 2.73. The summed E-state index contributed by atoms with van der Waals surface area (Å²) < 4.78 is 26.5. The van der Waals surface area contributed by atoms with E-state index in [0.717, 1.165) is 11.8 Å². The quantitative estimate of drug-likeness (QED) is 0.807.